The quantitative estimate of drug-likeness (QED) is 0.528. The van der Waals surface area contributed by atoms with Gasteiger partial charge in [0, 0.05) is 23.4 Å². The number of rotatable bonds is 4. The number of fused-ring (bicyclic) bond motifs is 1. The van der Waals surface area contributed by atoms with E-state index in [9.17, 15) is 19.7 Å². The average Bonchev–Trinajstić information content (AvgIpc) is 2.91. The smallest absolute Gasteiger partial charge is 0.269 e. The van der Waals surface area contributed by atoms with Crippen LogP contribution < -0.4 is 10.2 Å². The average molecular weight is 401 g/mol. The molecule has 4 rings (SSSR count). The zero-order chi connectivity index (χ0) is 21.1. The maximum Gasteiger partial charge on any atom is 0.269 e. The molecule has 0 aromatic heterocycles. The molecule has 30 heavy (non-hydrogen) atoms. The van der Waals surface area contributed by atoms with Gasteiger partial charge in [0.05, 0.1) is 10.6 Å². The normalized spacial score (nSPS) is 15.8. The first-order valence-corrected chi connectivity index (χ1v) is 9.57. The molecule has 0 spiro atoms. The minimum atomic E-state index is -0.722. The number of anilines is 2. The van der Waals surface area contributed by atoms with E-state index >= 15 is 0 Å². The maximum atomic E-state index is 13.4. The van der Waals surface area contributed by atoms with Crippen LogP contribution in [0.1, 0.15) is 22.3 Å². The molecule has 0 radical (unpaired) electrons. The molecule has 0 saturated heterocycles. The van der Waals surface area contributed by atoms with Crippen LogP contribution in [0, 0.1) is 10.1 Å². The van der Waals surface area contributed by atoms with Crippen molar-refractivity contribution >= 4 is 28.9 Å². The van der Waals surface area contributed by atoms with E-state index in [1.165, 1.54) is 24.3 Å². The molecule has 1 aliphatic heterocycles. The summed E-state index contributed by atoms with van der Waals surface area (Å²) >= 11 is 0. The Bertz CT molecular complexity index is 1100. The van der Waals surface area contributed by atoms with Crippen LogP contribution in [0.25, 0.3) is 0 Å². The highest BCUT2D eigenvalue weighted by Gasteiger charge is 2.32. The summed E-state index contributed by atoms with van der Waals surface area (Å²) in [5.41, 5.74) is 2.73. The third-order valence-electron chi connectivity index (χ3n) is 5.11. The lowest BCUT2D eigenvalue weighted by Gasteiger charge is -2.26. The number of carbonyl (C=O) groups excluding carboxylic acids is 2. The molecule has 3 aromatic carbocycles. The molecule has 0 saturated carbocycles. The van der Waals surface area contributed by atoms with Crippen molar-refractivity contribution in [3.8, 4) is 0 Å². The van der Waals surface area contributed by atoms with Crippen molar-refractivity contribution in [2.45, 2.75) is 18.9 Å². The molecule has 3 aromatic rings. The van der Waals surface area contributed by atoms with Gasteiger partial charge in [-0.25, -0.2) is 0 Å². The number of non-ortho nitro benzene ring substituents is 1. The molecule has 1 N–H and O–H groups in total. The van der Waals surface area contributed by atoms with Crippen molar-refractivity contribution in [2.75, 3.05) is 4.90 Å². The van der Waals surface area contributed by atoms with E-state index in [2.05, 4.69) is 5.32 Å². The van der Waals surface area contributed by atoms with E-state index in [0.717, 1.165) is 16.9 Å². The number of amides is 2. The first-order chi connectivity index (χ1) is 14.5. The van der Waals surface area contributed by atoms with Gasteiger partial charge in [0.15, 0.2) is 0 Å². The van der Waals surface area contributed by atoms with Crippen molar-refractivity contribution in [1.29, 1.82) is 0 Å². The molecule has 2 amide bonds. The topological polar surface area (TPSA) is 92.6 Å². The summed E-state index contributed by atoms with van der Waals surface area (Å²) in [7, 11) is 0. The standard InChI is InChI=1S/C23H19N3O4/c27-22(17-10-13-19(14-11-17)26(29)30)24-20-15-12-16-6-4-5-9-21(16)25(23(20)28)18-7-2-1-3-8-18/h1-11,13-14,20H,12,15H2,(H,24,27). The number of nitrogens with zero attached hydrogens (tertiary/aromatic N) is 2. The molecule has 150 valence electrons. The molecule has 0 bridgehead atoms. The lowest BCUT2D eigenvalue weighted by molar-refractivity contribution is -0.384. The summed E-state index contributed by atoms with van der Waals surface area (Å²) in [6.07, 6.45) is 1.09. The summed E-state index contributed by atoms with van der Waals surface area (Å²) in [5, 5.41) is 13.6. The van der Waals surface area contributed by atoms with Gasteiger partial charge >= 0.3 is 0 Å². The van der Waals surface area contributed by atoms with Gasteiger partial charge in [0.2, 0.25) is 0 Å². The Morgan fingerprint density at radius 1 is 0.967 bits per heavy atom. The van der Waals surface area contributed by atoms with Crippen LogP contribution in [-0.4, -0.2) is 22.8 Å². The van der Waals surface area contributed by atoms with Gasteiger partial charge in [-0.05, 0) is 48.7 Å². The lowest BCUT2D eigenvalue weighted by Crippen LogP contribution is -2.46. The summed E-state index contributed by atoms with van der Waals surface area (Å²) in [4.78, 5) is 38.1. The van der Waals surface area contributed by atoms with E-state index in [4.69, 9.17) is 0 Å². The van der Waals surface area contributed by atoms with Crippen LogP contribution in [0.15, 0.2) is 78.9 Å². The van der Waals surface area contributed by atoms with E-state index in [1.807, 2.05) is 54.6 Å². The molecule has 1 aliphatic rings. The highest BCUT2D eigenvalue weighted by Crippen LogP contribution is 2.33. The second-order valence-electron chi connectivity index (χ2n) is 7.01. The van der Waals surface area contributed by atoms with Gasteiger partial charge in [-0.1, -0.05) is 36.4 Å². The van der Waals surface area contributed by atoms with Gasteiger partial charge in [-0.2, -0.15) is 0 Å². The van der Waals surface area contributed by atoms with Gasteiger partial charge in [0.25, 0.3) is 17.5 Å². The number of aryl methyl sites for hydroxylation is 1. The second kappa shape index (κ2) is 8.16. The number of nitrogens with one attached hydrogen (secondary N) is 1. The summed E-state index contributed by atoms with van der Waals surface area (Å²) in [5.74, 6) is -0.663. The monoisotopic (exact) mass is 401 g/mol. The van der Waals surface area contributed by atoms with E-state index < -0.39 is 16.9 Å². The minimum Gasteiger partial charge on any atom is -0.340 e. The number of carbonyl (C=O) groups is 2. The third-order valence-corrected chi connectivity index (χ3v) is 5.11. The Labute approximate surface area is 173 Å². The fourth-order valence-corrected chi connectivity index (χ4v) is 3.59. The fraction of sp³-hybridized carbons (Fsp3) is 0.130. The van der Waals surface area contributed by atoms with Gasteiger partial charge in [-0.15, -0.1) is 0 Å². The Hall–Kier alpha value is -4.00. The van der Waals surface area contributed by atoms with Crippen LogP contribution in [0.5, 0.6) is 0 Å². The van der Waals surface area contributed by atoms with Crippen molar-refractivity contribution in [3.05, 3.63) is 100 Å². The first-order valence-electron chi connectivity index (χ1n) is 9.57. The molecule has 7 nitrogen and oxygen atoms in total. The van der Waals surface area contributed by atoms with Crippen LogP contribution in [-0.2, 0) is 11.2 Å². The Kier molecular flexibility index (Phi) is 5.26. The predicted molar refractivity (Wildman–Crippen MR) is 113 cm³/mol. The molecule has 7 heteroatoms. The molecule has 1 atom stereocenters. The molecule has 0 fully saturated rings. The van der Waals surface area contributed by atoms with E-state index in [0.29, 0.717) is 12.8 Å². The highest BCUT2D eigenvalue weighted by molar-refractivity contribution is 6.07. The Morgan fingerprint density at radius 2 is 1.63 bits per heavy atom. The Morgan fingerprint density at radius 3 is 2.33 bits per heavy atom. The van der Waals surface area contributed by atoms with E-state index in [-0.39, 0.29) is 17.2 Å². The molecular formula is C23H19N3O4. The highest BCUT2D eigenvalue weighted by atomic mass is 16.6. The number of benzene rings is 3. The number of hydrogen-bond donors (Lipinski definition) is 1. The largest absolute Gasteiger partial charge is 0.340 e. The zero-order valence-electron chi connectivity index (χ0n) is 16.0. The lowest BCUT2D eigenvalue weighted by atomic mass is 10.1. The second-order valence-corrected chi connectivity index (χ2v) is 7.01. The summed E-state index contributed by atoms with van der Waals surface area (Å²) < 4.78 is 0. The number of hydrogen-bond acceptors (Lipinski definition) is 4. The van der Waals surface area contributed by atoms with Crippen LogP contribution in [0.2, 0.25) is 0 Å². The van der Waals surface area contributed by atoms with Crippen LogP contribution >= 0.6 is 0 Å². The number of nitro benzene ring substituents is 1. The van der Waals surface area contributed by atoms with E-state index in [1.54, 1.807) is 4.90 Å². The van der Waals surface area contributed by atoms with Crippen molar-refractivity contribution in [3.63, 3.8) is 0 Å². The molecule has 1 unspecified atom stereocenters. The summed E-state index contributed by atoms with van der Waals surface area (Å²) in [6.45, 7) is 0. The van der Waals surface area contributed by atoms with Crippen molar-refractivity contribution in [2.24, 2.45) is 0 Å². The van der Waals surface area contributed by atoms with Gasteiger partial charge in [0.1, 0.15) is 6.04 Å². The van der Waals surface area contributed by atoms with Crippen molar-refractivity contribution in [1.82, 2.24) is 5.32 Å². The third kappa shape index (κ3) is 3.77. The predicted octanol–water partition coefficient (Wildman–Crippen LogP) is 4.00. The van der Waals surface area contributed by atoms with Crippen molar-refractivity contribution < 1.29 is 14.5 Å². The van der Waals surface area contributed by atoms with Gasteiger partial charge in [-0.3, -0.25) is 24.6 Å². The first kappa shape index (κ1) is 19.3. The number of nitro groups is 1. The molecular weight excluding hydrogens is 382 g/mol. The maximum absolute atomic E-state index is 13.4. The minimum absolute atomic E-state index is 0.0946. The zero-order valence-corrected chi connectivity index (χ0v) is 16.0. The van der Waals surface area contributed by atoms with Gasteiger partial charge < -0.3 is 5.32 Å². The van der Waals surface area contributed by atoms with Crippen LogP contribution in [0.3, 0.4) is 0 Å². The molecule has 0 aliphatic carbocycles. The Balaban J connectivity index is 1.62. The SMILES string of the molecule is O=C(NC1CCc2ccccc2N(c2ccccc2)C1=O)c1ccc([N+](=O)[O-])cc1. The number of para-hydroxylation sites is 2. The van der Waals surface area contributed by atoms with Crippen LogP contribution in [0.4, 0.5) is 17.1 Å². The summed E-state index contributed by atoms with van der Waals surface area (Å²) in [6, 6.07) is 21.6. The molecule has 1 heterocycles. The fourth-order valence-electron chi connectivity index (χ4n) is 3.59.